The van der Waals surface area contributed by atoms with Crippen molar-refractivity contribution in [2.45, 2.75) is 38.8 Å². The van der Waals surface area contributed by atoms with Crippen LogP contribution in [0.3, 0.4) is 0 Å². The van der Waals surface area contributed by atoms with Crippen LogP contribution in [0.15, 0.2) is 0 Å². The zero-order chi connectivity index (χ0) is 13.1. The first-order chi connectivity index (χ1) is 7.79. The van der Waals surface area contributed by atoms with E-state index in [1.54, 1.807) is 20.8 Å². The van der Waals surface area contributed by atoms with Gasteiger partial charge < -0.3 is 20.5 Å². The van der Waals surface area contributed by atoms with Crippen molar-refractivity contribution in [2.24, 2.45) is 5.92 Å². The summed E-state index contributed by atoms with van der Waals surface area (Å²) in [5.74, 6) is -1.11. The molecular formula is C11H20N2O4. The second kappa shape index (κ2) is 5.35. The number of alkyl carbamates (subject to hydrolysis) is 1. The van der Waals surface area contributed by atoms with Crippen LogP contribution in [-0.2, 0) is 9.53 Å². The molecule has 1 rings (SSSR count). The van der Waals surface area contributed by atoms with Gasteiger partial charge >= 0.3 is 12.1 Å². The van der Waals surface area contributed by atoms with Crippen LogP contribution in [0.4, 0.5) is 4.79 Å². The lowest BCUT2D eigenvalue weighted by Crippen LogP contribution is -2.48. The van der Waals surface area contributed by atoms with Gasteiger partial charge in [-0.25, -0.2) is 9.59 Å². The fourth-order valence-corrected chi connectivity index (χ4v) is 1.78. The second-order valence-electron chi connectivity index (χ2n) is 5.22. The maximum atomic E-state index is 11.5. The van der Waals surface area contributed by atoms with Gasteiger partial charge in [0.05, 0.1) is 0 Å². The van der Waals surface area contributed by atoms with Crippen molar-refractivity contribution in [1.82, 2.24) is 10.6 Å². The number of amides is 1. The monoisotopic (exact) mass is 244 g/mol. The largest absolute Gasteiger partial charge is 0.480 e. The Bertz CT molecular complexity index is 292. The molecule has 0 aromatic carbocycles. The van der Waals surface area contributed by atoms with E-state index in [2.05, 4.69) is 10.6 Å². The van der Waals surface area contributed by atoms with Gasteiger partial charge in [-0.3, -0.25) is 0 Å². The molecule has 1 saturated heterocycles. The molecule has 6 nitrogen and oxygen atoms in total. The van der Waals surface area contributed by atoms with E-state index >= 15 is 0 Å². The van der Waals surface area contributed by atoms with Gasteiger partial charge in [0.1, 0.15) is 11.6 Å². The maximum Gasteiger partial charge on any atom is 0.408 e. The summed E-state index contributed by atoms with van der Waals surface area (Å²) in [5, 5.41) is 14.6. The Morgan fingerprint density at radius 1 is 1.47 bits per heavy atom. The molecule has 2 atom stereocenters. The van der Waals surface area contributed by atoms with Gasteiger partial charge in [0.2, 0.25) is 0 Å². The third-order valence-corrected chi connectivity index (χ3v) is 2.51. The summed E-state index contributed by atoms with van der Waals surface area (Å²) in [6.07, 6.45) is 0.0593. The average Bonchev–Trinajstić information content (AvgIpc) is 2.63. The molecule has 6 heteroatoms. The molecule has 98 valence electrons. The van der Waals surface area contributed by atoms with Crippen LogP contribution in [0.25, 0.3) is 0 Å². The van der Waals surface area contributed by atoms with E-state index in [4.69, 9.17) is 9.84 Å². The van der Waals surface area contributed by atoms with Crippen LogP contribution < -0.4 is 10.6 Å². The minimum absolute atomic E-state index is 0.0833. The third-order valence-electron chi connectivity index (χ3n) is 2.51. The molecule has 1 heterocycles. The van der Waals surface area contributed by atoms with Crippen molar-refractivity contribution in [2.75, 3.05) is 13.1 Å². The molecule has 1 amide bonds. The van der Waals surface area contributed by atoms with Gasteiger partial charge in [-0.1, -0.05) is 0 Å². The summed E-state index contributed by atoms with van der Waals surface area (Å²) < 4.78 is 5.04. The minimum atomic E-state index is -1.02. The third kappa shape index (κ3) is 4.60. The van der Waals surface area contributed by atoms with Gasteiger partial charge in [-0.2, -0.15) is 0 Å². The number of nitrogens with one attached hydrogen (secondary N) is 2. The Morgan fingerprint density at radius 2 is 2.12 bits per heavy atom. The van der Waals surface area contributed by atoms with Crippen molar-refractivity contribution in [1.29, 1.82) is 0 Å². The number of hydrogen-bond donors (Lipinski definition) is 3. The number of carbonyl (C=O) groups is 2. The second-order valence-corrected chi connectivity index (χ2v) is 5.22. The maximum absolute atomic E-state index is 11.5. The highest BCUT2D eigenvalue weighted by atomic mass is 16.6. The molecule has 0 unspecified atom stereocenters. The predicted molar refractivity (Wildman–Crippen MR) is 61.8 cm³/mol. The Morgan fingerprint density at radius 3 is 2.53 bits per heavy atom. The summed E-state index contributed by atoms with van der Waals surface area (Å²) in [7, 11) is 0. The fraction of sp³-hybridized carbons (Fsp3) is 0.818. The van der Waals surface area contributed by atoms with E-state index in [1.165, 1.54) is 0 Å². The van der Waals surface area contributed by atoms with Gasteiger partial charge in [-0.15, -0.1) is 0 Å². The van der Waals surface area contributed by atoms with Crippen molar-refractivity contribution in [3.8, 4) is 0 Å². The van der Waals surface area contributed by atoms with Gasteiger partial charge in [0.25, 0.3) is 0 Å². The highest BCUT2D eigenvalue weighted by Gasteiger charge is 2.33. The molecule has 1 aliphatic rings. The number of ether oxygens (including phenoxy) is 1. The lowest BCUT2D eigenvalue weighted by Gasteiger charge is -2.24. The van der Waals surface area contributed by atoms with Crippen molar-refractivity contribution >= 4 is 12.1 Å². The number of aliphatic carboxylic acids is 1. The molecule has 0 saturated carbocycles. The van der Waals surface area contributed by atoms with Crippen molar-refractivity contribution in [3.05, 3.63) is 0 Å². The topological polar surface area (TPSA) is 87.7 Å². The molecule has 0 bridgehead atoms. The van der Waals surface area contributed by atoms with Gasteiger partial charge in [0.15, 0.2) is 0 Å². The van der Waals surface area contributed by atoms with Crippen molar-refractivity contribution < 1.29 is 19.4 Å². The summed E-state index contributed by atoms with van der Waals surface area (Å²) >= 11 is 0. The molecule has 17 heavy (non-hydrogen) atoms. The molecule has 0 aromatic rings. The van der Waals surface area contributed by atoms with Crippen LogP contribution >= 0.6 is 0 Å². The normalized spacial score (nSPS) is 21.9. The first-order valence-electron chi connectivity index (χ1n) is 5.72. The van der Waals surface area contributed by atoms with E-state index in [1.807, 2.05) is 0 Å². The van der Waals surface area contributed by atoms with Crippen LogP contribution in [0.5, 0.6) is 0 Å². The first kappa shape index (κ1) is 13.8. The number of rotatable bonds is 3. The molecule has 1 aliphatic heterocycles. The first-order valence-corrected chi connectivity index (χ1v) is 5.72. The smallest absolute Gasteiger partial charge is 0.408 e. The zero-order valence-corrected chi connectivity index (χ0v) is 10.4. The predicted octanol–water partition coefficient (Wildman–Crippen LogP) is 0.574. The summed E-state index contributed by atoms with van der Waals surface area (Å²) in [5.41, 5.74) is -0.624. The molecule has 1 fully saturated rings. The van der Waals surface area contributed by atoms with E-state index < -0.39 is 23.7 Å². The molecule has 3 N–H and O–H groups in total. The lowest BCUT2D eigenvalue weighted by atomic mass is 9.99. The van der Waals surface area contributed by atoms with Crippen LogP contribution in [-0.4, -0.2) is 41.9 Å². The molecule has 0 aliphatic carbocycles. The van der Waals surface area contributed by atoms with E-state index in [0.29, 0.717) is 6.54 Å². The van der Waals surface area contributed by atoms with Gasteiger partial charge in [0, 0.05) is 12.5 Å². The standard InChI is InChI=1S/C11H20N2O4/c1-11(2,3)17-10(16)13-8(9(14)15)7-4-5-12-6-7/h7-8,12H,4-6H2,1-3H3,(H,13,16)(H,14,15)/t7-,8+/m0/s1. The van der Waals surface area contributed by atoms with Gasteiger partial charge in [-0.05, 0) is 33.7 Å². The Kier molecular flexibility index (Phi) is 4.34. The number of hydrogen-bond acceptors (Lipinski definition) is 4. The molecule has 0 spiro atoms. The quantitative estimate of drug-likeness (QED) is 0.675. The van der Waals surface area contributed by atoms with Crippen LogP contribution in [0.1, 0.15) is 27.2 Å². The Balaban J connectivity index is 2.55. The SMILES string of the molecule is CC(C)(C)OC(=O)N[C@@H](C(=O)O)[C@H]1CCNC1. The fourth-order valence-electron chi connectivity index (χ4n) is 1.78. The number of carbonyl (C=O) groups excluding carboxylic acids is 1. The number of carboxylic acid groups (broad SMARTS) is 1. The molecule has 0 radical (unpaired) electrons. The molecular weight excluding hydrogens is 224 g/mol. The summed E-state index contributed by atoms with van der Waals surface area (Å²) in [6, 6.07) is -0.889. The van der Waals surface area contributed by atoms with E-state index in [0.717, 1.165) is 13.0 Å². The van der Waals surface area contributed by atoms with Crippen LogP contribution in [0, 0.1) is 5.92 Å². The zero-order valence-electron chi connectivity index (χ0n) is 10.4. The minimum Gasteiger partial charge on any atom is -0.480 e. The average molecular weight is 244 g/mol. The summed E-state index contributed by atoms with van der Waals surface area (Å²) in [4.78, 5) is 22.6. The number of carboxylic acids is 1. The Hall–Kier alpha value is -1.30. The van der Waals surface area contributed by atoms with Crippen molar-refractivity contribution in [3.63, 3.8) is 0 Å². The van der Waals surface area contributed by atoms with E-state index in [9.17, 15) is 9.59 Å². The molecule has 0 aromatic heterocycles. The van der Waals surface area contributed by atoms with E-state index in [-0.39, 0.29) is 5.92 Å². The highest BCUT2D eigenvalue weighted by Crippen LogP contribution is 2.14. The van der Waals surface area contributed by atoms with Crippen LogP contribution in [0.2, 0.25) is 0 Å². The lowest BCUT2D eigenvalue weighted by molar-refractivity contribution is -0.140. The Labute approximate surface area is 101 Å². The summed E-state index contributed by atoms with van der Waals surface area (Å²) in [6.45, 7) is 6.59. The highest BCUT2D eigenvalue weighted by molar-refractivity contribution is 5.80.